The zero-order chi connectivity index (χ0) is 17.1. The number of nitrogens with one attached hydrogen (secondary N) is 1. The molecule has 24 heavy (non-hydrogen) atoms. The topological polar surface area (TPSA) is 58.6 Å². The fourth-order valence-corrected chi connectivity index (χ4v) is 5.07. The fourth-order valence-electron chi connectivity index (χ4n) is 3.77. The van der Waals surface area contributed by atoms with Gasteiger partial charge in [0.05, 0.1) is 19.2 Å². The Labute approximate surface area is 147 Å². The van der Waals surface area contributed by atoms with E-state index in [0.717, 1.165) is 50.8 Å². The zero-order valence-corrected chi connectivity index (χ0v) is 15.3. The Kier molecular flexibility index (Phi) is 5.56. The van der Waals surface area contributed by atoms with E-state index in [0.29, 0.717) is 23.0 Å². The van der Waals surface area contributed by atoms with Crippen LogP contribution in [0.25, 0.3) is 0 Å². The molecule has 1 aliphatic carbocycles. The number of carbonyl (C=O) groups is 2. The van der Waals surface area contributed by atoms with Gasteiger partial charge < -0.3 is 10.1 Å². The first-order valence-corrected chi connectivity index (χ1v) is 9.65. The second-order valence-corrected chi connectivity index (χ2v) is 8.04. The third-order valence-corrected chi connectivity index (χ3v) is 6.13. The van der Waals surface area contributed by atoms with Gasteiger partial charge in [-0.1, -0.05) is 6.92 Å². The summed E-state index contributed by atoms with van der Waals surface area (Å²) in [7, 11) is 1.40. The third kappa shape index (κ3) is 3.81. The Hall–Kier alpha value is -1.40. The quantitative estimate of drug-likeness (QED) is 0.848. The molecule has 1 amide bonds. The van der Waals surface area contributed by atoms with Crippen LogP contribution in [0.1, 0.15) is 53.4 Å². The Morgan fingerprint density at radius 3 is 2.83 bits per heavy atom. The van der Waals surface area contributed by atoms with Gasteiger partial charge in [-0.2, -0.15) is 0 Å². The van der Waals surface area contributed by atoms with Crippen LogP contribution in [0.15, 0.2) is 0 Å². The van der Waals surface area contributed by atoms with E-state index in [2.05, 4.69) is 17.1 Å². The number of hydrogen-bond acceptors (Lipinski definition) is 5. The van der Waals surface area contributed by atoms with Crippen LogP contribution in [-0.4, -0.2) is 43.5 Å². The number of nitrogens with zero attached hydrogens (tertiary/aromatic N) is 1. The second kappa shape index (κ2) is 7.66. The van der Waals surface area contributed by atoms with Crippen LogP contribution < -0.4 is 5.32 Å². The Bertz CT molecular complexity index is 626. The first-order chi connectivity index (χ1) is 11.6. The molecule has 1 aromatic heterocycles. The lowest BCUT2D eigenvalue weighted by atomic mass is 9.95. The van der Waals surface area contributed by atoms with Crippen molar-refractivity contribution in [1.82, 2.24) is 4.90 Å². The Morgan fingerprint density at radius 1 is 1.29 bits per heavy atom. The van der Waals surface area contributed by atoms with Gasteiger partial charge in [-0.05, 0) is 56.6 Å². The van der Waals surface area contributed by atoms with Crippen molar-refractivity contribution >= 4 is 28.2 Å². The molecular weight excluding hydrogens is 324 g/mol. The minimum Gasteiger partial charge on any atom is -0.465 e. The normalized spacial score (nSPS) is 21.2. The smallest absolute Gasteiger partial charge is 0.341 e. The molecule has 3 rings (SSSR count). The van der Waals surface area contributed by atoms with Crippen LogP contribution in [0.4, 0.5) is 5.00 Å². The first-order valence-electron chi connectivity index (χ1n) is 8.83. The number of anilines is 1. The molecule has 1 saturated heterocycles. The van der Waals surface area contributed by atoms with Crippen molar-refractivity contribution in [2.45, 2.75) is 45.4 Å². The molecule has 1 N–H and O–H groups in total. The summed E-state index contributed by atoms with van der Waals surface area (Å²) in [5.74, 6) is 0.273. The number of esters is 1. The molecule has 0 saturated carbocycles. The Morgan fingerprint density at radius 2 is 2.08 bits per heavy atom. The molecule has 1 atom stereocenters. The number of amides is 1. The highest BCUT2D eigenvalue weighted by Crippen LogP contribution is 2.38. The predicted molar refractivity (Wildman–Crippen MR) is 95.8 cm³/mol. The summed E-state index contributed by atoms with van der Waals surface area (Å²) in [5.41, 5.74) is 1.66. The monoisotopic (exact) mass is 350 g/mol. The molecule has 0 bridgehead atoms. The molecule has 0 spiro atoms. The van der Waals surface area contributed by atoms with Gasteiger partial charge in [0.1, 0.15) is 5.00 Å². The van der Waals surface area contributed by atoms with E-state index < -0.39 is 0 Å². The summed E-state index contributed by atoms with van der Waals surface area (Å²) in [6.45, 7) is 4.57. The number of piperidine rings is 1. The van der Waals surface area contributed by atoms with Crippen LogP contribution in [0.3, 0.4) is 0 Å². The molecule has 0 unspecified atom stereocenters. The highest BCUT2D eigenvalue weighted by molar-refractivity contribution is 7.17. The van der Waals surface area contributed by atoms with Gasteiger partial charge in [0.2, 0.25) is 5.91 Å². The largest absolute Gasteiger partial charge is 0.465 e. The molecule has 2 aliphatic rings. The number of methoxy groups -OCH3 is 1. The fraction of sp³-hybridized carbons (Fsp3) is 0.667. The highest BCUT2D eigenvalue weighted by atomic mass is 32.1. The van der Waals surface area contributed by atoms with Gasteiger partial charge in [-0.15, -0.1) is 11.3 Å². The lowest BCUT2D eigenvalue weighted by molar-refractivity contribution is -0.117. The average Bonchev–Trinajstić information content (AvgIpc) is 2.91. The van der Waals surface area contributed by atoms with Crippen molar-refractivity contribution < 1.29 is 14.3 Å². The number of likely N-dealkylation sites (tertiary alicyclic amines) is 1. The molecule has 1 fully saturated rings. The van der Waals surface area contributed by atoms with E-state index in [4.69, 9.17) is 4.74 Å². The van der Waals surface area contributed by atoms with Gasteiger partial charge in [-0.3, -0.25) is 9.69 Å². The summed E-state index contributed by atoms with van der Waals surface area (Å²) in [4.78, 5) is 28.1. The van der Waals surface area contributed by atoms with Crippen LogP contribution in [-0.2, 0) is 22.4 Å². The minimum absolute atomic E-state index is 0.0344. The maximum atomic E-state index is 12.5. The SMILES string of the molecule is COC(=O)c1c(NC(=O)CN2CCC[C@H](C)C2)sc2c1CCCC2. The summed E-state index contributed by atoms with van der Waals surface area (Å²) in [6, 6.07) is 0. The third-order valence-electron chi connectivity index (χ3n) is 4.92. The van der Waals surface area contributed by atoms with Gasteiger partial charge in [0.15, 0.2) is 0 Å². The van der Waals surface area contributed by atoms with E-state index in [-0.39, 0.29) is 11.9 Å². The number of carbonyl (C=O) groups excluding carboxylic acids is 2. The molecule has 1 aromatic rings. The van der Waals surface area contributed by atoms with Crippen molar-refractivity contribution in [2.24, 2.45) is 5.92 Å². The molecule has 6 heteroatoms. The minimum atomic E-state index is -0.337. The van der Waals surface area contributed by atoms with E-state index in [1.165, 1.54) is 18.4 Å². The molecule has 0 radical (unpaired) electrons. The van der Waals surface area contributed by atoms with E-state index in [1.807, 2.05) is 0 Å². The summed E-state index contributed by atoms with van der Waals surface area (Å²) in [5, 5.41) is 3.65. The first kappa shape index (κ1) is 17.4. The van der Waals surface area contributed by atoms with Crippen molar-refractivity contribution in [3.05, 3.63) is 16.0 Å². The highest BCUT2D eigenvalue weighted by Gasteiger charge is 2.27. The number of aryl methyl sites for hydroxylation is 1. The molecule has 132 valence electrons. The molecule has 0 aromatic carbocycles. The van der Waals surface area contributed by atoms with E-state index in [1.54, 1.807) is 11.3 Å². The number of ether oxygens (including phenoxy) is 1. The molecule has 2 heterocycles. The number of thiophene rings is 1. The van der Waals surface area contributed by atoms with Gasteiger partial charge in [0, 0.05) is 11.4 Å². The maximum Gasteiger partial charge on any atom is 0.341 e. The molecular formula is C18H26N2O3S. The lowest BCUT2D eigenvalue weighted by Crippen LogP contribution is -2.39. The van der Waals surface area contributed by atoms with Gasteiger partial charge in [-0.25, -0.2) is 4.79 Å². The standard InChI is InChI=1S/C18H26N2O3S/c1-12-6-5-9-20(10-12)11-15(21)19-17-16(18(22)23-2)13-7-3-4-8-14(13)24-17/h12H,3-11H2,1-2H3,(H,19,21)/t12-/m0/s1. The number of rotatable bonds is 4. The van der Waals surface area contributed by atoms with Crippen LogP contribution in [0.2, 0.25) is 0 Å². The van der Waals surface area contributed by atoms with Gasteiger partial charge in [0.25, 0.3) is 0 Å². The zero-order valence-electron chi connectivity index (χ0n) is 14.5. The van der Waals surface area contributed by atoms with Crippen LogP contribution in [0, 0.1) is 5.92 Å². The number of hydrogen-bond donors (Lipinski definition) is 1. The maximum absolute atomic E-state index is 12.5. The van der Waals surface area contributed by atoms with Crippen molar-refractivity contribution in [3.63, 3.8) is 0 Å². The van der Waals surface area contributed by atoms with E-state index in [9.17, 15) is 9.59 Å². The summed E-state index contributed by atoms with van der Waals surface area (Å²) >= 11 is 1.55. The lowest BCUT2D eigenvalue weighted by Gasteiger charge is -2.30. The summed E-state index contributed by atoms with van der Waals surface area (Å²) in [6.07, 6.45) is 6.51. The Balaban J connectivity index is 1.73. The van der Waals surface area contributed by atoms with Crippen molar-refractivity contribution in [2.75, 3.05) is 32.1 Å². The van der Waals surface area contributed by atoms with Gasteiger partial charge >= 0.3 is 5.97 Å². The predicted octanol–water partition coefficient (Wildman–Crippen LogP) is 3.08. The number of fused-ring (bicyclic) bond motifs is 1. The van der Waals surface area contributed by atoms with Crippen molar-refractivity contribution in [3.8, 4) is 0 Å². The molecule has 5 nitrogen and oxygen atoms in total. The van der Waals surface area contributed by atoms with Crippen LogP contribution in [0.5, 0.6) is 0 Å². The summed E-state index contributed by atoms with van der Waals surface area (Å²) < 4.78 is 4.95. The van der Waals surface area contributed by atoms with E-state index >= 15 is 0 Å². The van der Waals surface area contributed by atoms with Crippen LogP contribution >= 0.6 is 11.3 Å². The average molecular weight is 350 g/mol. The second-order valence-electron chi connectivity index (χ2n) is 6.94. The molecule has 1 aliphatic heterocycles. The van der Waals surface area contributed by atoms with Crippen molar-refractivity contribution in [1.29, 1.82) is 0 Å².